The average Bonchev–Trinajstić information content (AvgIpc) is 3.15. The van der Waals surface area contributed by atoms with Gasteiger partial charge in [-0.2, -0.15) is 5.26 Å². The highest BCUT2D eigenvalue weighted by Crippen LogP contribution is 2.32. The predicted octanol–water partition coefficient (Wildman–Crippen LogP) is 2.92. The minimum Gasteiger partial charge on any atom is -0.454 e. The Bertz CT molecular complexity index is 888. The van der Waals surface area contributed by atoms with Crippen LogP contribution in [-0.2, 0) is 17.8 Å². The summed E-state index contributed by atoms with van der Waals surface area (Å²) in [7, 11) is 0. The average molecular weight is 384 g/mol. The largest absolute Gasteiger partial charge is 0.454 e. The molecule has 2 aromatic carbocycles. The summed E-state index contributed by atoms with van der Waals surface area (Å²) in [5, 5.41) is 15.6. The van der Waals surface area contributed by atoms with Crippen LogP contribution in [0.2, 0.25) is 5.02 Å². The van der Waals surface area contributed by atoms with E-state index in [0.717, 1.165) is 17.5 Å². The Morgan fingerprint density at radius 1 is 1.15 bits per heavy atom. The molecule has 0 unspecified atom stereocenters. The minimum absolute atomic E-state index is 0.0202. The first kappa shape index (κ1) is 18.6. The fraction of sp³-hybridized carbons (Fsp3) is 0.200. The topological polar surface area (TPSA) is 83.4 Å². The monoisotopic (exact) mass is 383 g/mol. The van der Waals surface area contributed by atoms with Crippen LogP contribution in [0.5, 0.6) is 11.5 Å². The van der Waals surface area contributed by atoms with E-state index in [9.17, 15) is 10.1 Å². The van der Waals surface area contributed by atoms with Crippen LogP contribution >= 0.6 is 11.6 Å². The molecular formula is C20H18ClN3O3. The standard InChI is InChI=1S/C20H18ClN3O3/c21-17-4-1-14(2-5-17)7-8-23-12-16(10-22)20(25)24-11-15-3-6-18-19(9-15)27-13-26-18/h1-6,9,12,23H,7-8,11,13H2,(H,24,25)/b16-12-. The smallest absolute Gasteiger partial charge is 0.263 e. The summed E-state index contributed by atoms with van der Waals surface area (Å²) in [6.07, 6.45) is 2.19. The number of halogens is 1. The molecule has 0 aliphatic carbocycles. The van der Waals surface area contributed by atoms with Crippen molar-refractivity contribution in [3.05, 3.63) is 70.4 Å². The van der Waals surface area contributed by atoms with Gasteiger partial charge in [-0.25, -0.2) is 0 Å². The van der Waals surface area contributed by atoms with Crippen molar-refractivity contribution in [1.82, 2.24) is 10.6 Å². The van der Waals surface area contributed by atoms with Crippen LogP contribution in [-0.4, -0.2) is 19.2 Å². The van der Waals surface area contributed by atoms with E-state index in [4.69, 9.17) is 21.1 Å². The Balaban J connectivity index is 1.47. The summed E-state index contributed by atoms with van der Waals surface area (Å²) in [6, 6.07) is 14.9. The van der Waals surface area contributed by atoms with Gasteiger partial charge in [0.25, 0.3) is 5.91 Å². The van der Waals surface area contributed by atoms with Gasteiger partial charge in [0.15, 0.2) is 11.5 Å². The molecule has 6 nitrogen and oxygen atoms in total. The molecule has 0 saturated carbocycles. The van der Waals surface area contributed by atoms with Crippen molar-refractivity contribution >= 4 is 17.5 Å². The zero-order valence-corrected chi connectivity index (χ0v) is 15.3. The van der Waals surface area contributed by atoms with Gasteiger partial charge in [-0.15, -0.1) is 0 Å². The molecule has 1 amide bonds. The van der Waals surface area contributed by atoms with Crippen molar-refractivity contribution in [2.24, 2.45) is 0 Å². The number of carbonyl (C=O) groups is 1. The van der Waals surface area contributed by atoms with Crippen LogP contribution < -0.4 is 20.1 Å². The number of nitrogens with zero attached hydrogens (tertiary/aromatic N) is 1. The molecule has 3 rings (SSSR count). The summed E-state index contributed by atoms with van der Waals surface area (Å²) in [4.78, 5) is 12.2. The van der Waals surface area contributed by atoms with Crippen LogP contribution in [0.1, 0.15) is 11.1 Å². The van der Waals surface area contributed by atoms with E-state index in [2.05, 4.69) is 10.6 Å². The SMILES string of the molecule is N#C/C(=C/NCCc1ccc(Cl)cc1)C(=O)NCc1ccc2c(c1)OCO2. The molecule has 138 valence electrons. The van der Waals surface area contributed by atoms with Gasteiger partial charge < -0.3 is 20.1 Å². The first-order valence-electron chi connectivity index (χ1n) is 8.40. The summed E-state index contributed by atoms with van der Waals surface area (Å²) < 4.78 is 10.6. The van der Waals surface area contributed by atoms with E-state index in [1.165, 1.54) is 6.20 Å². The number of fused-ring (bicyclic) bond motifs is 1. The number of amides is 1. The van der Waals surface area contributed by atoms with Gasteiger partial charge in [0.05, 0.1) is 0 Å². The number of hydrogen-bond acceptors (Lipinski definition) is 5. The van der Waals surface area contributed by atoms with Crippen LogP contribution in [0.4, 0.5) is 0 Å². The van der Waals surface area contributed by atoms with E-state index < -0.39 is 5.91 Å². The van der Waals surface area contributed by atoms with E-state index in [1.54, 1.807) is 6.07 Å². The zero-order valence-electron chi connectivity index (χ0n) is 14.5. The third-order valence-electron chi connectivity index (χ3n) is 3.97. The maximum absolute atomic E-state index is 12.2. The second-order valence-electron chi connectivity index (χ2n) is 5.87. The van der Waals surface area contributed by atoms with Crippen molar-refractivity contribution < 1.29 is 14.3 Å². The molecule has 0 radical (unpaired) electrons. The van der Waals surface area contributed by atoms with E-state index in [0.29, 0.717) is 29.6 Å². The van der Waals surface area contributed by atoms with Crippen LogP contribution in [0, 0.1) is 11.3 Å². The lowest BCUT2D eigenvalue weighted by molar-refractivity contribution is -0.117. The molecule has 1 heterocycles. The van der Waals surface area contributed by atoms with E-state index in [-0.39, 0.29) is 12.4 Å². The maximum atomic E-state index is 12.2. The highest BCUT2D eigenvalue weighted by molar-refractivity contribution is 6.30. The first-order valence-corrected chi connectivity index (χ1v) is 8.78. The van der Waals surface area contributed by atoms with Gasteiger partial charge in [0.1, 0.15) is 11.6 Å². The Labute approximate surface area is 162 Å². The van der Waals surface area contributed by atoms with Crippen molar-refractivity contribution in [3.8, 4) is 17.6 Å². The lowest BCUT2D eigenvalue weighted by Crippen LogP contribution is -2.25. The second kappa shape index (κ2) is 8.97. The molecule has 1 aliphatic heterocycles. The van der Waals surface area contributed by atoms with Crippen LogP contribution in [0.15, 0.2) is 54.2 Å². The molecule has 0 spiro atoms. The quantitative estimate of drug-likeness (QED) is 0.436. The Kier molecular flexibility index (Phi) is 6.18. The molecular weight excluding hydrogens is 366 g/mol. The fourth-order valence-electron chi connectivity index (χ4n) is 2.52. The van der Waals surface area contributed by atoms with Gasteiger partial charge in [-0.3, -0.25) is 4.79 Å². The summed E-state index contributed by atoms with van der Waals surface area (Å²) >= 11 is 5.85. The number of carbonyl (C=O) groups excluding carboxylic acids is 1. The Morgan fingerprint density at radius 2 is 1.89 bits per heavy atom. The Hall–Kier alpha value is -3.17. The molecule has 27 heavy (non-hydrogen) atoms. The van der Waals surface area contributed by atoms with Crippen molar-refractivity contribution in [3.63, 3.8) is 0 Å². The number of rotatable bonds is 7. The Morgan fingerprint density at radius 3 is 2.67 bits per heavy atom. The van der Waals surface area contributed by atoms with Crippen molar-refractivity contribution in [2.45, 2.75) is 13.0 Å². The highest BCUT2D eigenvalue weighted by atomic mass is 35.5. The molecule has 0 fully saturated rings. The second-order valence-corrected chi connectivity index (χ2v) is 6.31. The number of ether oxygens (including phenoxy) is 2. The summed E-state index contributed by atoms with van der Waals surface area (Å²) in [6.45, 7) is 1.09. The van der Waals surface area contributed by atoms with Crippen LogP contribution in [0.3, 0.4) is 0 Å². The summed E-state index contributed by atoms with van der Waals surface area (Å²) in [5.41, 5.74) is 2.00. The highest BCUT2D eigenvalue weighted by Gasteiger charge is 2.14. The molecule has 0 atom stereocenters. The number of hydrogen-bond donors (Lipinski definition) is 2. The molecule has 0 bridgehead atoms. The zero-order chi connectivity index (χ0) is 19.1. The first-order chi connectivity index (χ1) is 13.2. The third kappa shape index (κ3) is 5.16. The van der Waals surface area contributed by atoms with Crippen molar-refractivity contribution in [1.29, 1.82) is 5.26 Å². The number of benzene rings is 2. The lowest BCUT2D eigenvalue weighted by Gasteiger charge is -2.06. The molecule has 2 aromatic rings. The van der Waals surface area contributed by atoms with Crippen LogP contribution in [0.25, 0.3) is 0 Å². The van der Waals surface area contributed by atoms with E-state index >= 15 is 0 Å². The van der Waals surface area contributed by atoms with Gasteiger partial charge in [0, 0.05) is 24.3 Å². The molecule has 0 aromatic heterocycles. The number of nitriles is 1. The molecule has 2 N–H and O–H groups in total. The number of nitrogens with one attached hydrogen (secondary N) is 2. The third-order valence-corrected chi connectivity index (χ3v) is 4.22. The molecule has 0 saturated heterocycles. The van der Waals surface area contributed by atoms with E-state index in [1.807, 2.05) is 42.5 Å². The molecule has 7 heteroatoms. The normalized spacial score (nSPS) is 12.4. The molecule has 1 aliphatic rings. The van der Waals surface area contributed by atoms with Gasteiger partial charge >= 0.3 is 0 Å². The predicted molar refractivity (Wildman–Crippen MR) is 101 cm³/mol. The van der Waals surface area contributed by atoms with Gasteiger partial charge in [-0.1, -0.05) is 29.8 Å². The van der Waals surface area contributed by atoms with Gasteiger partial charge in [-0.05, 0) is 41.8 Å². The summed E-state index contributed by atoms with van der Waals surface area (Å²) in [5.74, 6) is 0.906. The lowest BCUT2D eigenvalue weighted by atomic mass is 10.1. The van der Waals surface area contributed by atoms with Crippen molar-refractivity contribution in [2.75, 3.05) is 13.3 Å². The van der Waals surface area contributed by atoms with Gasteiger partial charge in [0.2, 0.25) is 6.79 Å². The maximum Gasteiger partial charge on any atom is 0.263 e. The fourth-order valence-corrected chi connectivity index (χ4v) is 2.64. The minimum atomic E-state index is -0.436.